The van der Waals surface area contributed by atoms with E-state index in [0.29, 0.717) is 22.1 Å². The summed E-state index contributed by atoms with van der Waals surface area (Å²) in [7, 11) is 3.23. The molecule has 2 rings (SSSR count). The highest BCUT2D eigenvalue weighted by Crippen LogP contribution is 2.23. The van der Waals surface area contributed by atoms with Crippen LogP contribution >= 0.6 is 11.6 Å². The number of carbonyl (C=O) groups is 2. The predicted octanol–water partition coefficient (Wildman–Crippen LogP) is 2.86. The number of nitrogens with zero attached hydrogens (tertiary/aromatic N) is 1. The van der Waals surface area contributed by atoms with E-state index in [0.717, 1.165) is 0 Å². The number of methoxy groups -OCH3 is 1. The molecule has 0 unspecified atom stereocenters. The molecule has 0 bridgehead atoms. The van der Waals surface area contributed by atoms with Crippen LogP contribution in [0, 0.1) is 0 Å². The Kier molecular flexibility index (Phi) is 6.80. The van der Waals surface area contributed by atoms with Gasteiger partial charge in [0.2, 0.25) is 11.8 Å². The molecule has 0 aliphatic rings. The molecule has 0 aromatic heterocycles. The molecular weight excluding hydrogens is 342 g/mol. The first-order valence-corrected chi connectivity index (χ1v) is 8.03. The summed E-state index contributed by atoms with van der Waals surface area (Å²) in [6.07, 6.45) is 0. The quantitative estimate of drug-likeness (QED) is 0.795. The zero-order valence-electron chi connectivity index (χ0n) is 14.1. The van der Waals surface area contributed by atoms with Gasteiger partial charge < -0.3 is 15.4 Å². The van der Waals surface area contributed by atoms with Gasteiger partial charge in [-0.05, 0) is 31.3 Å². The molecule has 2 aromatic carbocycles. The van der Waals surface area contributed by atoms with Gasteiger partial charge in [0.1, 0.15) is 5.75 Å². The number of anilines is 2. The second-order valence-corrected chi connectivity index (χ2v) is 5.86. The number of nitrogens with one attached hydrogen (secondary N) is 2. The van der Waals surface area contributed by atoms with Gasteiger partial charge in [0, 0.05) is 0 Å². The summed E-state index contributed by atoms with van der Waals surface area (Å²) in [5.74, 6) is 0.0909. The lowest BCUT2D eigenvalue weighted by Crippen LogP contribution is -2.36. The second-order valence-electron chi connectivity index (χ2n) is 5.45. The summed E-state index contributed by atoms with van der Waals surface area (Å²) < 4.78 is 5.19. The number of carbonyl (C=O) groups excluding carboxylic acids is 2. The van der Waals surface area contributed by atoms with Crippen molar-refractivity contribution < 1.29 is 14.3 Å². The molecule has 0 saturated heterocycles. The highest BCUT2D eigenvalue weighted by molar-refractivity contribution is 6.33. The van der Waals surface area contributed by atoms with Gasteiger partial charge in [-0.1, -0.05) is 35.9 Å². The van der Waals surface area contributed by atoms with E-state index in [2.05, 4.69) is 10.6 Å². The van der Waals surface area contributed by atoms with Crippen LogP contribution in [0.4, 0.5) is 11.4 Å². The van der Waals surface area contributed by atoms with E-state index in [4.69, 9.17) is 16.3 Å². The lowest BCUT2D eigenvalue weighted by molar-refractivity contribution is -0.119. The minimum absolute atomic E-state index is 0.0601. The molecule has 0 atom stereocenters. The van der Waals surface area contributed by atoms with E-state index in [1.807, 2.05) is 6.07 Å². The van der Waals surface area contributed by atoms with Crippen LogP contribution in [-0.4, -0.2) is 44.0 Å². The van der Waals surface area contributed by atoms with Crippen molar-refractivity contribution in [1.29, 1.82) is 0 Å². The maximum absolute atomic E-state index is 12.1. The lowest BCUT2D eigenvalue weighted by Gasteiger charge is -2.17. The van der Waals surface area contributed by atoms with Crippen LogP contribution in [0.3, 0.4) is 0 Å². The van der Waals surface area contributed by atoms with Crippen molar-refractivity contribution >= 4 is 34.8 Å². The largest absolute Gasteiger partial charge is 0.495 e. The Labute approximate surface area is 151 Å². The molecule has 0 fully saturated rings. The molecule has 0 spiro atoms. The fourth-order valence-electron chi connectivity index (χ4n) is 2.24. The Morgan fingerprint density at radius 1 is 0.960 bits per heavy atom. The van der Waals surface area contributed by atoms with Crippen molar-refractivity contribution in [3.63, 3.8) is 0 Å². The molecular formula is C18H20ClN3O3. The third kappa shape index (κ3) is 5.77. The van der Waals surface area contributed by atoms with Gasteiger partial charge in [0.25, 0.3) is 0 Å². The first kappa shape index (κ1) is 18.8. The molecule has 25 heavy (non-hydrogen) atoms. The van der Waals surface area contributed by atoms with E-state index in [9.17, 15) is 9.59 Å². The number of benzene rings is 2. The van der Waals surface area contributed by atoms with Crippen molar-refractivity contribution in [3.05, 3.63) is 53.6 Å². The number of para-hydroxylation sites is 3. The minimum Gasteiger partial charge on any atom is -0.495 e. The molecule has 2 amide bonds. The van der Waals surface area contributed by atoms with Crippen LogP contribution in [0.5, 0.6) is 5.75 Å². The molecule has 0 saturated carbocycles. The number of hydrogen-bond donors (Lipinski definition) is 2. The summed E-state index contributed by atoms with van der Waals surface area (Å²) in [5.41, 5.74) is 1.13. The fourth-order valence-corrected chi connectivity index (χ4v) is 2.42. The molecule has 0 aliphatic carbocycles. The van der Waals surface area contributed by atoms with Crippen LogP contribution in [0.1, 0.15) is 0 Å². The highest BCUT2D eigenvalue weighted by Gasteiger charge is 2.13. The molecule has 0 radical (unpaired) electrons. The summed E-state index contributed by atoms with van der Waals surface area (Å²) >= 11 is 6.00. The van der Waals surface area contributed by atoms with Gasteiger partial charge in [-0.2, -0.15) is 0 Å². The smallest absolute Gasteiger partial charge is 0.238 e. The monoisotopic (exact) mass is 361 g/mol. The highest BCUT2D eigenvalue weighted by atomic mass is 35.5. The van der Waals surface area contributed by atoms with Gasteiger partial charge in [-0.3, -0.25) is 14.5 Å². The molecule has 2 aromatic rings. The van der Waals surface area contributed by atoms with E-state index < -0.39 is 0 Å². The Morgan fingerprint density at radius 2 is 1.48 bits per heavy atom. The third-order valence-corrected chi connectivity index (χ3v) is 3.69. The van der Waals surface area contributed by atoms with Gasteiger partial charge >= 0.3 is 0 Å². The first-order valence-electron chi connectivity index (χ1n) is 7.65. The van der Waals surface area contributed by atoms with Gasteiger partial charge in [-0.25, -0.2) is 0 Å². The molecule has 6 nitrogen and oxygen atoms in total. The van der Waals surface area contributed by atoms with Gasteiger partial charge in [0.15, 0.2) is 0 Å². The van der Waals surface area contributed by atoms with E-state index in [1.54, 1.807) is 54.4 Å². The van der Waals surface area contributed by atoms with Crippen molar-refractivity contribution in [1.82, 2.24) is 4.90 Å². The number of hydrogen-bond acceptors (Lipinski definition) is 4. The number of likely N-dealkylation sites (N-methyl/N-ethyl adjacent to an activating group) is 1. The van der Waals surface area contributed by atoms with Crippen LogP contribution in [0.15, 0.2) is 48.5 Å². The first-order chi connectivity index (χ1) is 12.0. The molecule has 2 N–H and O–H groups in total. The van der Waals surface area contributed by atoms with Crippen LogP contribution in [0.2, 0.25) is 5.02 Å². The zero-order chi connectivity index (χ0) is 18.2. The molecule has 0 heterocycles. The summed E-state index contributed by atoms with van der Waals surface area (Å²) in [4.78, 5) is 25.8. The van der Waals surface area contributed by atoms with Crippen LogP contribution < -0.4 is 15.4 Å². The van der Waals surface area contributed by atoms with Crippen LogP contribution in [0.25, 0.3) is 0 Å². The Morgan fingerprint density at radius 3 is 2.08 bits per heavy atom. The van der Waals surface area contributed by atoms with Crippen molar-refractivity contribution in [2.45, 2.75) is 0 Å². The van der Waals surface area contributed by atoms with Crippen LogP contribution in [-0.2, 0) is 9.59 Å². The van der Waals surface area contributed by atoms with E-state index in [1.165, 1.54) is 7.11 Å². The average Bonchev–Trinajstić information content (AvgIpc) is 2.57. The maximum atomic E-state index is 12.1. The SMILES string of the molecule is COc1ccccc1NC(=O)CN(C)CC(=O)Nc1ccccc1Cl. The Balaban J connectivity index is 1.85. The standard InChI is InChI=1S/C18H20ClN3O3/c1-22(11-17(23)20-14-8-4-3-7-13(14)19)12-18(24)21-15-9-5-6-10-16(15)25-2/h3-10H,11-12H2,1-2H3,(H,20,23)(H,21,24). The lowest BCUT2D eigenvalue weighted by atomic mass is 10.3. The Bertz CT molecular complexity index is 752. The average molecular weight is 362 g/mol. The third-order valence-electron chi connectivity index (χ3n) is 3.36. The van der Waals surface area contributed by atoms with E-state index in [-0.39, 0.29) is 24.9 Å². The predicted molar refractivity (Wildman–Crippen MR) is 99.2 cm³/mol. The zero-order valence-corrected chi connectivity index (χ0v) is 14.8. The van der Waals surface area contributed by atoms with Crippen molar-refractivity contribution in [3.8, 4) is 5.75 Å². The van der Waals surface area contributed by atoms with Crippen molar-refractivity contribution in [2.24, 2.45) is 0 Å². The normalized spacial score (nSPS) is 10.4. The number of rotatable bonds is 7. The fraction of sp³-hybridized carbons (Fsp3) is 0.222. The molecule has 0 aliphatic heterocycles. The number of amides is 2. The van der Waals surface area contributed by atoms with Gasteiger partial charge in [0.05, 0.1) is 36.6 Å². The maximum Gasteiger partial charge on any atom is 0.238 e. The second kappa shape index (κ2) is 9.05. The van der Waals surface area contributed by atoms with E-state index >= 15 is 0 Å². The molecule has 132 valence electrons. The summed E-state index contributed by atoms with van der Waals surface area (Å²) in [6, 6.07) is 14.1. The molecule has 7 heteroatoms. The number of ether oxygens (including phenoxy) is 1. The summed E-state index contributed by atoms with van der Waals surface area (Å²) in [5, 5.41) is 5.95. The van der Waals surface area contributed by atoms with Crippen molar-refractivity contribution in [2.75, 3.05) is 37.9 Å². The topological polar surface area (TPSA) is 70.7 Å². The summed E-state index contributed by atoms with van der Waals surface area (Å²) in [6.45, 7) is 0.124. The minimum atomic E-state index is -0.249. The Hall–Kier alpha value is -2.57. The number of halogens is 1. The van der Waals surface area contributed by atoms with Gasteiger partial charge in [-0.15, -0.1) is 0 Å².